The first-order valence-corrected chi connectivity index (χ1v) is 2.41. The molecule has 26 valence electrons. The van der Waals surface area contributed by atoms with E-state index in [2.05, 4.69) is 24.6 Å². The third-order valence-corrected chi connectivity index (χ3v) is 0.707. The van der Waals surface area contributed by atoms with Crippen LogP contribution in [-0.2, 0) is 0 Å². The summed E-state index contributed by atoms with van der Waals surface area (Å²) in [6.07, 6.45) is 2.73. The van der Waals surface area contributed by atoms with E-state index in [1.54, 1.807) is 0 Å². The van der Waals surface area contributed by atoms with Crippen molar-refractivity contribution in [3.05, 3.63) is 0 Å². The van der Waals surface area contributed by atoms with Crippen LogP contribution in [0, 0.1) is 0 Å². The Balaban J connectivity index is 2.19. The molecule has 0 aromatic carbocycles. The van der Waals surface area contributed by atoms with E-state index in [0.717, 1.165) is 0 Å². The van der Waals surface area contributed by atoms with E-state index in [1.165, 1.54) is 17.9 Å². The van der Waals surface area contributed by atoms with Crippen molar-refractivity contribution in [1.29, 1.82) is 0 Å². The van der Waals surface area contributed by atoms with Crippen LogP contribution in [0.4, 0.5) is 0 Å². The fourth-order valence-electron chi connectivity index (χ4n) is 0.354. The molecule has 0 aliphatic carbocycles. The average molecular weight is 146 g/mol. The minimum absolute atomic E-state index is 1.34. The van der Waals surface area contributed by atoms with Crippen molar-refractivity contribution in [2.45, 2.75) is 24.9 Å². The van der Waals surface area contributed by atoms with Crippen LogP contribution in [-0.4, -0.2) is 17.7 Å². The van der Waals surface area contributed by atoms with Gasteiger partial charge in [0.1, 0.15) is 0 Å². The topological polar surface area (TPSA) is 0 Å². The van der Waals surface area contributed by atoms with Gasteiger partial charge in [0.2, 0.25) is 0 Å². The first-order chi connectivity index (χ1) is 2.41. The predicted molar refractivity (Wildman–Crippen MR) is 25.5 cm³/mol. The number of unbranched alkanes of at least 4 members (excludes halogenated alkanes) is 1. The summed E-state index contributed by atoms with van der Waals surface area (Å²) in [6.45, 7) is 2.21. The van der Waals surface area contributed by atoms with Gasteiger partial charge >= 0.3 is 42.6 Å². The molecule has 0 unspecified atom stereocenters. The summed E-state index contributed by atoms with van der Waals surface area (Å²) in [5.41, 5.74) is 0. The molecule has 0 aromatic rings. The second kappa shape index (κ2) is 4.60. The van der Waals surface area contributed by atoms with Crippen molar-refractivity contribution >= 4 is 17.7 Å². The summed E-state index contributed by atoms with van der Waals surface area (Å²) >= 11 is 2.21. The standard InChI is InChI=1S/C4H9.Li/c1-3-4-2;/h1,3-4H2,2H3;/i;1+82. The molecule has 0 saturated heterocycles. The van der Waals surface area contributed by atoms with E-state index in [4.69, 9.17) is 0 Å². The van der Waals surface area contributed by atoms with Crippen LogP contribution in [0.2, 0.25) is 5.09 Å². The molecular formula is C4H9Li. The van der Waals surface area contributed by atoms with E-state index in [0.29, 0.717) is 0 Å². The van der Waals surface area contributed by atoms with Gasteiger partial charge in [-0.15, -0.1) is 0 Å². The van der Waals surface area contributed by atoms with Gasteiger partial charge in [0.05, 0.1) is 0 Å². The van der Waals surface area contributed by atoms with Gasteiger partial charge in [-0.25, -0.2) is 0 Å². The molecule has 0 saturated carbocycles. The second-order valence-electron chi connectivity index (χ2n) is 1.35. The third-order valence-electron chi connectivity index (χ3n) is 0.707. The molecule has 0 aliphatic rings. The Morgan fingerprint density at radius 3 is 2.20 bits per heavy atom. The van der Waals surface area contributed by atoms with Crippen molar-refractivity contribution in [1.82, 2.24) is 0 Å². The summed E-state index contributed by atoms with van der Waals surface area (Å²) in [7, 11) is 0. The van der Waals surface area contributed by atoms with E-state index >= 15 is 0 Å². The SMILES string of the molecule is [89Li][CH2]CCC. The molecule has 0 aromatic heterocycles. The second-order valence-corrected chi connectivity index (χ2v) is 1.35. The van der Waals surface area contributed by atoms with Crippen LogP contribution in [0.5, 0.6) is 0 Å². The van der Waals surface area contributed by atoms with E-state index in [-0.39, 0.29) is 0 Å². The van der Waals surface area contributed by atoms with Gasteiger partial charge in [-0.3, -0.25) is 0 Å². The zero-order valence-corrected chi connectivity index (χ0v) is 4.12. The molecule has 1 heteroatoms. The van der Waals surface area contributed by atoms with Crippen LogP contribution in [0.25, 0.3) is 0 Å². The van der Waals surface area contributed by atoms with Gasteiger partial charge in [0, 0.05) is 0 Å². The van der Waals surface area contributed by atoms with Gasteiger partial charge < -0.3 is 0 Å². The summed E-state index contributed by atoms with van der Waals surface area (Å²) in [6, 6.07) is 0. The van der Waals surface area contributed by atoms with Crippen LogP contribution < -0.4 is 0 Å². The molecular weight excluding hydrogens is 137 g/mol. The number of hydrogen-bond acceptors (Lipinski definition) is 0. The average Bonchev–Trinajstić information content (AvgIpc) is 1.41. The fourth-order valence-corrected chi connectivity index (χ4v) is 0.354. The monoisotopic (exact) mass is 146 g/mol. The Labute approximate surface area is 43.2 Å². The molecule has 0 rings (SSSR count). The number of rotatable bonds is 2. The van der Waals surface area contributed by atoms with Crippen molar-refractivity contribution in [2.75, 3.05) is 0 Å². The van der Waals surface area contributed by atoms with Crippen LogP contribution in [0.3, 0.4) is 0 Å². The molecule has 0 atom stereocenters. The van der Waals surface area contributed by atoms with E-state index < -0.39 is 0 Å². The van der Waals surface area contributed by atoms with Crippen molar-refractivity contribution in [3.8, 4) is 0 Å². The molecule has 0 heterocycles. The van der Waals surface area contributed by atoms with Gasteiger partial charge in [0.25, 0.3) is 0 Å². The Morgan fingerprint density at radius 1 is 1.60 bits per heavy atom. The molecule has 5 heavy (non-hydrogen) atoms. The normalized spacial score (nSPS) is 8.60. The van der Waals surface area contributed by atoms with Gasteiger partial charge in [-0.1, -0.05) is 0 Å². The zero-order valence-electron chi connectivity index (χ0n) is 4.12. The summed E-state index contributed by atoms with van der Waals surface area (Å²) in [5.74, 6) is 0. The van der Waals surface area contributed by atoms with Crippen molar-refractivity contribution < 1.29 is 0 Å². The van der Waals surface area contributed by atoms with Gasteiger partial charge in [0.15, 0.2) is 0 Å². The Morgan fingerprint density at radius 2 is 2.20 bits per heavy atom. The molecule has 0 amide bonds. The third kappa shape index (κ3) is 4.60. The minimum atomic E-state index is 1.34. The maximum absolute atomic E-state index is 2.21. The molecule has 0 N–H and O–H groups in total. The van der Waals surface area contributed by atoms with Crippen LogP contribution in [0.1, 0.15) is 19.8 Å². The van der Waals surface area contributed by atoms with Crippen LogP contribution >= 0.6 is 0 Å². The Bertz CT molecular complexity index is 11.1. The summed E-state index contributed by atoms with van der Waals surface area (Å²) in [5, 5.41) is 1.34. The molecule has 0 radical (unpaired) electrons. The maximum atomic E-state index is 2.21. The quantitative estimate of drug-likeness (QED) is 0.516. The fraction of sp³-hybridized carbons (Fsp3) is 1.00. The molecule has 0 fully saturated rings. The van der Waals surface area contributed by atoms with Crippen molar-refractivity contribution in [2.24, 2.45) is 0 Å². The Hall–Kier alpha value is 0.597. The molecule has 0 bridgehead atoms. The van der Waals surface area contributed by atoms with Crippen molar-refractivity contribution in [3.63, 3.8) is 0 Å². The first-order valence-electron chi connectivity index (χ1n) is 2.41. The predicted octanol–water partition coefficient (Wildman–Crippen LogP) is 1.37. The first kappa shape index (κ1) is 5.60. The van der Waals surface area contributed by atoms with E-state index in [1.807, 2.05) is 0 Å². The molecule has 0 spiro atoms. The Kier molecular flexibility index (Phi) is 5.15. The zero-order chi connectivity index (χ0) is 4.12. The molecule has 0 aliphatic heterocycles. The summed E-state index contributed by atoms with van der Waals surface area (Å²) < 4.78 is 0. The van der Waals surface area contributed by atoms with E-state index in [9.17, 15) is 0 Å². The molecule has 0 nitrogen and oxygen atoms in total. The van der Waals surface area contributed by atoms with Crippen LogP contribution in [0.15, 0.2) is 0 Å². The van der Waals surface area contributed by atoms with Gasteiger partial charge in [-0.05, 0) is 0 Å². The number of hydrogen-bond donors (Lipinski definition) is 0. The summed E-state index contributed by atoms with van der Waals surface area (Å²) in [4.78, 5) is 0. The van der Waals surface area contributed by atoms with Gasteiger partial charge in [-0.2, -0.15) is 0 Å².